The van der Waals surface area contributed by atoms with E-state index in [1.807, 2.05) is 0 Å². The Hall–Kier alpha value is -8.59. The van der Waals surface area contributed by atoms with Gasteiger partial charge in [0.05, 0.1) is 47.1 Å². The van der Waals surface area contributed by atoms with E-state index in [2.05, 4.69) is 30.0 Å². The summed E-state index contributed by atoms with van der Waals surface area (Å²) in [6.07, 6.45) is 1.10. The summed E-state index contributed by atoms with van der Waals surface area (Å²) in [6.45, 7) is 0.391. The topological polar surface area (TPSA) is 360 Å². The number of piperidine rings is 2. The molecule has 24 nitrogen and oxygen atoms in total. The van der Waals surface area contributed by atoms with E-state index in [0.29, 0.717) is 83.2 Å². The summed E-state index contributed by atoms with van der Waals surface area (Å²) in [5, 5.41) is 35.4. The normalized spacial score (nSPS) is 16.8. The Kier molecular flexibility index (Phi) is 19.4. The molecule has 4 aromatic carbocycles. The number of sulfonamides is 2. The van der Waals surface area contributed by atoms with Gasteiger partial charge in [-0.2, -0.15) is 9.44 Å². The number of carbonyl (C=O) groups excluding carboxylic acids is 4. The first-order valence-electron chi connectivity index (χ1n) is 26.6. The minimum Gasteiger partial charge on any atom is -0.478 e. The van der Waals surface area contributed by atoms with Crippen LogP contribution < -0.4 is 31.5 Å². The Labute approximate surface area is 474 Å². The van der Waals surface area contributed by atoms with Gasteiger partial charge in [0.2, 0.25) is 49.8 Å². The number of aromatic nitrogens is 2. The van der Waals surface area contributed by atoms with Crippen molar-refractivity contribution in [1.29, 1.82) is 10.8 Å². The second kappa shape index (κ2) is 26.8. The van der Waals surface area contributed by atoms with Gasteiger partial charge >= 0.3 is 5.97 Å². The molecular formula is C56H66N14O10S2. The van der Waals surface area contributed by atoms with Crippen LogP contribution >= 0.6 is 0 Å². The molecule has 0 aliphatic carbocycles. The highest BCUT2D eigenvalue weighted by atomic mass is 32.2. The van der Waals surface area contributed by atoms with E-state index in [4.69, 9.17) is 22.3 Å². The molecule has 26 heteroatoms. The van der Waals surface area contributed by atoms with Crippen molar-refractivity contribution in [1.82, 2.24) is 49.6 Å². The van der Waals surface area contributed by atoms with Gasteiger partial charge in [0, 0.05) is 51.7 Å². The van der Waals surface area contributed by atoms with Crippen molar-refractivity contribution in [3.8, 4) is 0 Å². The number of carbonyl (C=O) groups is 5. The van der Waals surface area contributed by atoms with Crippen molar-refractivity contribution in [2.24, 2.45) is 23.3 Å². The van der Waals surface area contributed by atoms with Crippen molar-refractivity contribution in [2.45, 2.75) is 79.7 Å². The number of rotatable bonds is 23. The molecule has 82 heavy (non-hydrogen) atoms. The van der Waals surface area contributed by atoms with Crippen LogP contribution in [0.4, 0.5) is 0 Å². The van der Waals surface area contributed by atoms with Gasteiger partial charge in [-0.15, -0.1) is 0 Å². The summed E-state index contributed by atoms with van der Waals surface area (Å²) in [7, 11) is -9.51. The van der Waals surface area contributed by atoms with E-state index in [0.717, 1.165) is 0 Å². The molecule has 0 spiro atoms. The quantitative estimate of drug-likeness (QED) is 0.0253. The van der Waals surface area contributed by atoms with Gasteiger partial charge in [0.25, 0.3) is 0 Å². The summed E-state index contributed by atoms with van der Waals surface area (Å²) in [5.41, 5.74) is 11.7. The highest BCUT2D eigenvalue weighted by molar-refractivity contribution is 7.89. The molecule has 432 valence electrons. The lowest BCUT2D eigenvalue weighted by atomic mass is 9.98. The Balaban J connectivity index is 1.20. The van der Waals surface area contributed by atoms with Gasteiger partial charge in [-0.1, -0.05) is 72.8 Å². The predicted molar refractivity (Wildman–Crippen MR) is 305 cm³/mol. The Bertz CT molecular complexity index is 3320. The molecule has 2 aliphatic heterocycles. The minimum absolute atomic E-state index is 0.0459. The van der Waals surface area contributed by atoms with Crippen molar-refractivity contribution in [3.63, 3.8) is 0 Å². The summed E-state index contributed by atoms with van der Waals surface area (Å²) < 4.78 is 63.1. The van der Waals surface area contributed by atoms with Gasteiger partial charge in [-0.25, -0.2) is 21.6 Å². The third-order valence-electron chi connectivity index (χ3n) is 14.4. The first-order valence-corrected chi connectivity index (χ1v) is 29.6. The summed E-state index contributed by atoms with van der Waals surface area (Å²) in [4.78, 5) is 86.9. The van der Waals surface area contributed by atoms with Gasteiger partial charge in [0.1, 0.15) is 12.1 Å². The molecule has 0 unspecified atom stereocenters. The molecule has 2 aliphatic rings. The molecule has 8 rings (SSSR count). The van der Waals surface area contributed by atoms with E-state index in [-0.39, 0.29) is 58.0 Å². The largest absolute Gasteiger partial charge is 0.478 e. The van der Waals surface area contributed by atoms with Gasteiger partial charge < -0.3 is 46.8 Å². The number of guanidine groups is 2. The molecule has 0 radical (unpaired) electrons. The molecular weight excluding hydrogens is 1090 g/mol. The SMILES string of the molecule is N=C(N)N1CCC[C@@H](CNC(=O)C[C@H](NS(=O)(=O)c2ccc3ccccc3c2)C(=O)N(Cc2ccccn2)C(C(=O)O)N(Cc2ccccn2)C(=O)[C@H](CC(=O)NC[C@@H]2CCCN(C(=N)N)C2)NS(=O)(=O)c2ccc3ccccc3c2)C1. The number of nitrogens with one attached hydrogen (secondary N) is 6. The average Bonchev–Trinajstić information content (AvgIpc) is 3.58. The first-order chi connectivity index (χ1) is 39.2. The smallest absolute Gasteiger partial charge is 0.347 e. The molecule has 0 saturated carbocycles. The number of nitrogens with zero attached hydrogens (tertiary/aromatic N) is 6. The number of nitrogens with two attached hydrogens (primary N) is 2. The molecule has 2 saturated heterocycles. The zero-order valence-electron chi connectivity index (χ0n) is 44.8. The Morgan fingerprint density at radius 1 is 0.585 bits per heavy atom. The maximum Gasteiger partial charge on any atom is 0.347 e. The van der Waals surface area contributed by atoms with Crippen LogP contribution in [0.1, 0.15) is 49.9 Å². The lowest BCUT2D eigenvalue weighted by Crippen LogP contribution is -2.63. The van der Waals surface area contributed by atoms with Gasteiger partial charge in [0.15, 0.2) is 11.9 Å². The Morgan fingerprint density at radius 3 is 1.34 bits per heavy atom. The molecule has 11 N–H and O–H groups in total. The number of pyridine rings is 2. The minimum atomic E-state index is -4.76. The van der Waals surface area contributed by atoms with Crippen LogP contribution in [-0.4, -0.2) is 151 Å². The third-order valence-corrected chi connectivity index (χ3v) is 17.4. The van der Waals surface area contributed by atoms with E-state index in [1.165, 1.54) is 48.8 Å². The fourth-order valence-corrected chi connectivity index (χ4v) is 12.7. The Morgan fingerprint density at radius 2 is 0.976 bits per heavy atom. The van der Waals surface area contributed by atoms with E-state index in [1.54, 1.807) is 94.7 Å². The third kappa shape index (κ3) is 15.4. The summed E-state index contributed by atoms with van der Waals surface area (Å²) in [6, 6.07) is 27.2. The maximum absolute atomic E-state index is 15.8. The zero-order valence-corrected chi connectivity index (χ0v) is 46.4. The highest BCUT2D eigenvalue weighted by Gasteiger charge is 2.45. The van der Waals surface area contributed by atoms with Crippen molar-refractivity contribution in [3.05, 3.63) is 145 Å². The summed E-state index contributed by atoms with van der Waals surface area (Å²) >= 11 is 0. The van der Waals surface area contributed by atoms with Crippen molar-refractivity contribution in [2.75, 3.05) is 39.3 Å². The second-order valence-corrected chi connectivity index (χ2v) is 23.8. The van der Waals surface area contributed by atoms with Crippen LogP contribution in [0.3, 0.4) is 0 Å². The second-order valence-electron chi connectivity index (χ2n) is 20.3. The standard InChI is InChI=1S/C56H66N14O10S2/c57-55(58)67-25-9-11-37(33-67)31-63-49(71)29-47(65-81(77,78)45-21-19-39-13-1-3-15-41(39)27-45)52(73)69(35-43-17-5-7-23-61-43)51(54(75)76)70(36-44-18-6-8-24-62-44)53(74)48(30-50(72)64-32-38-12-10-26-68(34-38)56(59)60)66-82(79,80)46-22-20-40-14-2-4-16-42(40)28-46/h1-8,13-24,27-28,37-38,47-48,51,65-66H,9-12,25-26,29-36H2,(H3,57,58)(H3,59,60)(H,63,71)(H,64,72)(H,75,76)/t37-,38-,47-,48-/m0/s1. The van der Waals surface area contributed by atoms with Crippen molar-refractivity contribution >= 4 is 83.1 Å². The number of likely N-dealkylation sites (tertiary alicyclic amines) is 2. The van der Waals surface area contributed by atoms with Gasteiger partial charge in [-0.05, 0) is 108 Å². The highest BCUT2D eigenvalue weighted by Crippen LogP contribution is 2.25. The average molecular weight is 1160 g/mol. The summed E-state index contributed by atoms with van der Waals surface area (Å²) in [5.74, 6) is -6.78. The fraction of sp³-hybridized carbons (Fsp3) is 0.339. The molecule has 6 aromatic rings. The van der Waals surface area contributed by atoms with Crippen LogP contribution in [0.5, 0.6) is 0 Å². The van der Waals surface area contributed by atoms with E-state index >= 15 is 9.59 Å². The first kappa shape index (κ1) is 59.5. The molecule has 2 aromatic heterocycles. The van der Waals surface area contributed by atoms with E-state index in [9.17, 15) is 36.3 Å². The number of benzene rings is 4. The monoisotopic (exact) mass is 1160 g/mol. The molecule has 2 fully saturated rings. The predicted octanol–water partition coefficient (Wildman–Crippen LogP) is 2.47. The zero-order chi connectivity index (χ0) is 58.6. The van der Waals surface area contributed by atoms with Crippen LogP contribution in [0.2, 0.25) is 0 Å². The maximum atomic E-state index is 15.8. The lowest BCUT2D eigenvalue weighted by Gasteiger charge is -2.39. The number of carboxylic acids is 1. The van der Waals surface area contributed by atoms with Crippen molar-refractivity contribution < 1.29 is 45.9 Å². The molecule has 4 atom stereocenters. The molecule has 0 bridgehead atoms. The number of carboxylic acid groups (broad SMARTS) is 1. The van der Waals surface area contributed by atoms with Crippen LogP contribution in [-0.2, 0) is 57.1 Å². The van der Waals surface area contributed by atoms with Crippen LogP contribution in [0, 0.1) is 22.7 Å². The molecule has 4 heterocycles. The number of amides is 4. The number of fused-ring (bicyclic) bond motifs is 2. The van der Waals surface area contributed by atoms with E-state index < -0.39 is 93.8 Å². The lowest BCUT2D eigenvalue weighted by molar-refractivity contribution is -0.167. The van der Waals surface area contributed by atoms with Crippen LogP contribution in [0.15, 0.2) is 144 Å². The van der Waals surface area contributed by atoms with Crippen LogP contribution in [0.25, 0.3) is 21.5 Å². The van der Waals surface area contributed by atoms with Gasteiger partial charge in [-0.3, -0.25) is 40.0 Å². The number of hydrogen-bond acceptors (Lipinski definition) is 13. The molecule has 4 amide bonds. The number of aliphatic carboxylic acids is 1. The number of hydrogen-bond donors (Lipinski definition) is 9. The fourth-order valence-electron chi connectivity index (χ4n) is 10.2.